The highest BCUT2D eigenvalue weighted by molar-refractivity contribution is 6.14. The van der Waals surface area contributed by atoms with Crippen molar-refractivity contribution in [3.63, 3.8) is 0 Å². The van der Waals surface area contributed by atoms with E-state index in [0.29, 0.717) is 0 Å². The minimum absolute atomic E-state index is 0.101. The van der Waals surface area contributed by atoms with Gasteiger partial charge in [-0.05, 0) is 0 Å². The van der Waals surface area contributed by atoms with Crippen LogP contribution in [0.15, 0.2) is 0 Å². The minimum atomic E-state index is 0.101. The van der Waals surface area contributed by atoms with Crippen molar-refractivity contribution in [1.82, 2.24) is 0 Å². The Morgan fingerprint density at radius 2 is 1.64 bits per heavy atom. The van der Waals surface area contributed by atoms with E-state index >= 15 is 0 Å². The maximum absolute atomic E-state index is 6.07. The van der Waals surface area contributed by atoms with Crippen LogP contribution in [0.5, 0.6) is 0 Å². The van der Waals surface area contributed by atoms with Gasteiger partial charge in [0.1, 0.15) is 0 Å². The van der Waals surface area contributed by atoms with Gasteiger partial charge in [0.2, 0.25) is 0 Å². The van der Waals surface area contributed by atoms with Crippen molar-refractivity contribution in [3.8, 4) is 0 Å². The summed E-state index contributed by atoms with van der Waals surface area (Å²) in [5.74, 6) is 0. The monoisotopic (exact) mass is 152 g/mol. The molecule has 1 atom stereocenters. The molecular formula is C10H21B. The average molecular weight is 152 g/mol. The van der Waals surface area contributed by atoms with Crippen LogP contribution in [-0.4, -0.2) is 7.85 Å². The highest BCUT2D eigenvalue weighted by atomic mass is 14.1. The van der Waals surface area contributed by atoms with Crippen molar-refractivity contribution < 1.29 is 0 Å². The Hall–Kier alpha value is 0.0649. The van der Waals surface area contributed by atoms with Crippen LogP contribution in [0.1, 0.15) is 59.3 Å². The molecule has 64 valence electrons. The molecule has 0 aliphatic rings. The van der Waals surface area contributed by atoms with Gasteiger partial charge in [-0.1, -0.05) is 64.6 Å². The van der Waals surface area contributed by atoms with Gasteiger partial charge in [0.15, 0.2) is 0 Å². The first-order chi connectivity index (χ1) is 5.12. The second kappa shape index (κ2) is 5.68. The second-order valence-electron chi connectivity index (χ2n) is 3.86. The summed E-state index contributed by atoms with van der Waals surface area (Å²) < 4.78 is 0. The lowest BCUT2D eigenvalue weighted by molar-refractivity contribution is 0.481. The predicted octanol–water partition coefficient (Wildman–Crippen LogP) is 3.71. The molecule has 0 heterocycles. The van der Waals surface area contributed by atoms with E-state index < -0.39 is 0 Å². The molecule has 0 N–H and O–H groups in total. The summed E-state index contributed by atoms with van der Waals surface area (Å²) in [5.41, 5.74) is 0. The lowest BCUT2D eigenvalue weighted by Crippen LogP contribution is -2.07. The highest BCUT2D eigenvalue weighted by Crippen LogP contribution is 2.33. The maximum atomic E-state index is 6.07. The van der Waals surface area contributed by atoms with E-state index in [0.717, 1.165) is 6.42 Å². The van der Waals surface area contributed by atoms with E-state index in [-0.39, 0.29) is 5.31 Å². The van der Waals surface area contributed by atoms with Gasteiger partial charge in [-0.15, -0.1) is 0 Å². The van der Waals surface area contributed by atoms with Crippen molar-refractivity contribution in [2.45, 2.75) is 64.6 Å². The fraction of sp³-hybridized carbons (Fsp3) is 1.00. The summed E-state index contributed by atoms with van der Waals surface area (Å²) in [5, 5.41) is 0.101. The summed E-state index contributed by atoms with van der Waals surface area (Å²) in [4.78, 5) is 0. The van der Waals surface area contributed by atoms with E-state index in [4.69, 9.17) is 7.85 Å². The third kappa shape index (κ3) is 6.46. The van der Waals surface area contributed by atoms with E-state index in [1.165, 1.54) is 32.1 Å². The summed E-state index contributed by atoms with van der Waals surface area (Å²) in [6.45, 7) is 6.60. The van der Waals surface area contributed by atoms with Crippen LogP contribution < -0.4 is 0 Å². The van der Waals surface area contributed by atoms with E-state index in [1.54, 1.807) is 0 Å². The molecule has 0 nitrogen and oxygen atoms in total. The van der Waals surface area contributed by atoms with Gasteiger partial charge in [-0.3, -0.25) is 0 Å². The average Bonchev–Trinajstić information content (AvgIpc) is 1.87. The molecule has 1 unspecified atom stereocenters. The summed E-state index contributed by atoms with van der Waals surface area (Å²) in [6.07, 6.45) is 7.48. The fourth-order valence-corrected chi connectivity index (χ4v) is 1.47. The minimum Gasteiger partial charge on any atom is -0.0688 e. The van der Waals surface area contributed by atoms with Gasteiger partial charge in [-0.2, -0.15) is 0 Å². The number of rotatable bonds is 6. The third-order valence-electron chi connectivity index (χ3n) is 2.17. The zero-order chi connectivity index (χ0) is 8.74. The van der Waals surface area contributed by atoms with E-state index in [2.05, 4.69) is 20.8 Å². The molecule has 0 amide bonds. The largest absolute Gasteiger partial charge is 0.0742 e. The molecule has 0 saturated carbocycles. The van der Waals surface area contributed by atoms with Gasteiger partial charge >= 0.3 is 0 Å². The molecule has 0 rings (SSSR count). The van der Waals surface area contributed by atoms with Crippen molar-refractivity contribution in [2.24, 2.45) is 0 Å². The first-order valence-corrected chi connectivity index (χ1v) is 4.91. The second-order valence-corrected chi connectivity index (χ2v) is 3.86. The molecule has 11 heavy (non-hydrogen) atoms. The van der Waals surface area contributed by atoms with Crippen LogP contribution in [0, 0.1) is 0 Å². The van der Waals surface area contributed by atoms with Crippen LogP contribution in [0.2, 0.25) is 5.31 Å². The molecule has 0 bridgehead atoms. The zero-order valence-corrected chi connectivity index (χ0v) is 8.32. The molecule has 0 aliphatic carbocycles. The van der Waals surface area contributed by atoms with Gasteiger partial charge in [0, 0.05) is 0 Å². The van der Waals surface area contributed by atoms with E-state index in [1.807, 2.05) is 0 Å². The van der Waals surface area contributed by atoms with Crippen LogP contribution in [0.3, 0.4) is 0 Å². The molecular weight excluding hydrogens is 131 g/mol. The molecule has 0 aromatic rings. The molecule has 2 radical (unpaired) electrons. The topological polar surface area (TPSA) is 0 Å². The molecule has 0 fully saturated rings. The lowest BCUT2D eigenvalue weighted by atomic mass is 9.65. The van der Waals surface area contributed by atoms with Gasteiger partial charge < -0.3 is 0 Å². The first kappa shape index (κ1) is 11.1. The molecule has 0 aromatic heterocycles. The first-order valence-electron chi connectivity index (χ1n) is 4.91. The van der Waals surface area contributed by atoms with Crippen LogP contribution in [0.4, 0.5) is 0 Å². The zero-order valence-electron chi connectivity index (χ0n) is 8.32. The van der Waals surface area contributed by atoms with Crippen molar-refractivity contribution in [3.05, 3.63) is 0 Å². The predicted molar refractivity (Wildman–Crippen MR) is 53.2 cm³/mol. The number of hydrogen-bond acceptors (Lipinski definition) is 0. The fourth-order valence-electron chi connectivity index (χ4n) is 1.47. The SMILES string of the molecule is [B]C(C)(CCC)CCCCC. The van der Waals surface area contributed by atoms with Crippen molar-refractivity contribution >= 4 is 7.85 Å². The van der Waals surface area contributed by atoms with Gasteiger partial charge in [0.25, 0.3) is 0 Å². The van der Waals surface area contributed by atoms with Crippen LogP contribution in [0.25, 0.3) is 0 Å². The molecule has 1 heteroatoms. The summed E-state index contributed by atoms with van der Waals surface area (Å²) in [6, 6.07) is 0. The van der Waals surface area contributed by atoms with Crippen LogP contribution >= 0.6 is 0 Å². The molecule has 0 spiro atoms. The maximum Gasteiger partial charge on any atom is 0.0742 e. The summed E-state index contributed by atoms with van der Waals surface area (Å²) in [7, 11) is 6.07. The van der Waals surface area contributed by atoms with Gasteiger partial charge in [-0.25, -0.2) is 0 Å². The Morgan fingerprint density at radius 3 is 2.09 bits per heavy atom. The standard InChI is InChI=1S/C10H21B/c1-4-6-7-9-10(3,11)8-5-2/h4-9H2,1-3H3. The summed E-state index contributed by atoms with van der Waals surface area (Å²) >= 11 is 0. The molecule has 0 aliphatic heterocycles. The number of hydrogen-bond donors (Lipinski definition) is 0. The number of unbranched alkanes of at least 4 members (excludes halogenated alkanes) is 2. The molecule has 0 saturated heterocycles. The smallest absolute Gasteiger partial charge is 0.0688 e. The lowest BCUT2D eigenvalue weighted by Gasteiger charge is -2.24. The Kier molecular flexibility index (Phi) is 5.72. The Balaban J connectivity index is 3.38. The Bertz CT molecular complexity index is 86.9. The van der Waals surface area contributed by atoms with E-state index in [9.17, 15) is 0 Å². The molecule has 0 aromatic carbocycles. The van der Waals surface area contributed by atoms with Crippen LogP contribution in [-0.2, 0) is 0 Å². The normalized spacial score (nSPS) is 16.3. The Morgan fingerprint density at radius 1 is 1.00 bits per heavy atom. The van der Waals surface area contributed by atoms with Crippen molar-refractivity contribution in [2.75, 3.05) is 0 Å². The quantitative estimate of drug-likeness (QED) is 0.402. The highest BCUT2D eigenvalue weighted by Gasteiger charge is 2.14. The Labute approximate surface area is 73.2 Å². The van der Waals surface area contributed by atoms with Gasteiger partial charge in [0.05, 0.1) is 7.85 Å². The third-order valence-corrected chi connectivity index (χ3v) is 2.17. The van der Waals surface area contributed by atoms with Crippen molar-refractivity contribution in [1.29, 1.82) is 0 Å².